The molecule has 0 saturated carbocycles. The maximum absolute atomic E-state index is 5.37. The van der Waals surface area contributed by atoms with Gasteiger partial charge >= 0.3 is 0 Å². The second-order valence-corrected chi connectivity index (χ2v) is 5.42. The van der Waals surface area contributed by atoms with Crippen molar-refractivity contribution in [1.29, 1.82) is 0 Å². The van der Waals surface area contributed by atoms with Crippen molar-refractivity contribution in [2.45, 2.75) is 32.4 Å². The molecule has 0 fully saturated rings. The zero-order valence-electron chi connectivity index (χ0n) is 12.3. The van der Waals surface area contributed by atoms with Crippen LogP contribution in [0.15, 0.2) is 59.5 Å². The molecule has 3 nitrogen and oxygen atoms in total. The van der Waals surface area contributed by atoms with Gasteiger partial charge in [-0.3, -0.25) is 4.98 Å². The van der Waals surface area contributed by atoms with Crippen molar-refractivity contribution in [1.82, 2.24) is 10.3 Å². The topological polar surface area (TPSA) is 38.1 Å². The van der Waals surface area contributed by atoms with Crippen molar-refractivity contribution in [2.75, 3.05) is 0 Å². The lowest BCUT2D eigenvalue weighted by atomic mass is 10.1. The minimum Gasteiger partial charge on any atom is -0.469 e. The average Bonchev–Trinajstić information content (AvgIpc) is 3.04. The Morgan fingerprint density at radius 2 is 2.05 bits per heavy atom. The van der Waals surface area contributed by atoms with E-state index in [4.69, 9.17) is 4.42 Å². The first-order valence-electron chi connectivity index (χ1n) is 7.40. The zero-order valence-corrected chi connectivity index (χ0v) is 12.3. The summed E-state index contributed by atoms with van der Waals surface area (Å²) < 4.78 is 5.37. The summed E-state index contributed by atoms with van der Waals surface area (Å²) in [6.07, 6.45) is 7.63. The maximum Gasteiger partial charge on any atom is 0.103 e. The molecule has 3 rings (SSSR count). The van der Waals surface area contributed by atoms with E-state index in [2.05, 4.69) is 35.4 Å². The highest BCUT2D eigenvalue weighted by atomic mass is 16.3. The highest BCUT2D eigenvalue weighted by Crippen LogP contribution is 2.17. The van der Waals surface area contributed by atoms with Crippen LogP contribution in [0.3, 0.4) is 0 Å². The Kier molecular flexibility index (Phi) is 4.31. The lowest BCUT2D eigenvalue weighted by Gasteiger charge is -2.14. The summed E-state index contributed by atoms with van der Waals surface area (Å²) in [6, 6.07) is 12.8. The molecule has 0 aliphatic carbocycles. The fourth-order valence-corrected chi connectivity index (χ4v) is 2.52. The summed E-state index contributed by atoms with van der Waals surface area (Å²) in [5.41, 5.74) is 1.25. The van der Waals surface area contributed by atoms with Gasteiger partial charge in [0, 0.05) is 36.8 Å². The fourth-order valence-electron chi connectivity index (χ4n) is 2.52. The highest BCUT2D eigenvalue weighted by Gasteiger charge is 2.06. The van der Waals surface area contributed by atoms with Crippen molar-refractivity contribution in [3.8, 4) is 0 Å². The first kappa shape index (κ1) is 13.8. The van der Waals surface area contributed by atoms with Crippen LogP contribution < -0.4 is 5.32 Å². The number of furan rings is 1. The Morgan fingerprint density at radius 3 is 2.90 bits per heavy atom. The standard InChI is InChI=1S/C18H20N2O/c1-14(8-9-17-6-4-10-21-17)20-13-16-12-19-11-15-5-2-3-7-18(15)16/h2-7,10-12,14,20H,8-9,13H2,1H3. The van der Waals surface area contributed by atoms with Crippen LogP contribution >= 0.6 is 0 Å². The van der Waals surface area contributed by atoms with Gasteiger partial charge in [-0.15, -0.1) is 0 Å². The van der Waals surface area contributed by atoms with Gasteiger partial charge in [-0.05, 0) is 36.4 Å². The third-order valence-corrected chi connectivity index (χ3v) is 3.80. The Hall–Kier alpha value is -2.13. The van der Waals surface area contributed by atoms with E-state index in [0.717, 1.165) is 25.1 Å². The van der Waals surface area contributed by atoms with Gasteiger partial charge in [-0.2, -0.15) is 0 Å². The third-order valence-electron chi connectivity index (χ3n) is 3.80. The number of benzene rings is 1. The Labute approximate surface area is 125 Å². The van der Waals surface area contributed by atoms with E-state index >= 15 is 0 Å². The summed E-state index contributed by atoms with van der Waals surface area (Å²) in [5.74, 6) is 1.05. The molecule has 0 spiro atoms. The lowest BCUT2D eigenvalue weighted by molar-refractivity contribution is 0.460. The van der Waals surface area contributed by atoms with Gasteiger partial charge in [0.15, 0.2) is 0 Å². The predicted octanol–water partition coefficient (Wildman–Crippen LogP) is 3.94. The first-order valence-corrected chi connectivity index (χ1v) is 7.40. The number of pyridine rings is 1. The number of fused-ring (bicyclic) bond motifs is 1. The van der Waals surface area contributed by atoms with Crippen LogP contribution in [0.5, 0.6) is 0 Å². The van der Waals surface area contributed by atoms with Crippen molar-refractivity contribution in [3.63, 3.8) is 0 Å². The Balaban J connectivity index is 1.58. The van der Waals surface area contributed by atoms with Gasteiger partial charge in [-0.25, -0.2) is 0 Å². The summed E-state index contributed by atoms with van der Waals surface area (Å²) in [4.78, 5) is 4.32. The minimum atomic E-state index is 0.439. The molecule has 0 saturated heterocycles. The zero-order chi connectivity index (χ0) is 14.5. The molecule has 3 aromatic rings. The van der Waals surface area contributed by atoms with Gasteiger partial charge < -0.3 is 9.73 Å². The number of nitrogens with zero attached hydrogens (tertiary/aromatic N) is 1. The van der Waals surface area contributed by atoms with Crippen LogP contribution in [0.2, 0.25) is 0 Å². The van der Waals surface area contributed by atoms with Crippen LogP contribution in [0.25, 0.3) is 10.8 Å². The third kappa shape index (κ3) is 3.50. The molecule has 3 heteroatoms. The van der Waals surface area contributed by atoms with E-state index in [-0.39, 0.29) is 0 Å². The molecule has 2 heterocycles. The summed E-state index contributed by atoms with van der Waals surface area (Å²) >= 11 is 0. The van der Waals surface area contributed by atoms with Crippen LogP contribution in [0.1, 0.15) is 24.7 Å². The van der Waals surface area contributed by atoms with Crippen LogP contribution in [0.4, 0.5) is 0 Å². The molecular weight excluding hydrogens is 260 g/mol. The van der Waals surface area contributed by atoms with Crippen LogP contribution in [0, 0.1) is 0 Å². The molecule has 1 aromatic carbocycles. The monoisotopic (exact) mass is 280 g/mol. The quantitative estimate of drug-likeness (QED) is 0.743. The largest absolute Gasteiger partial charge is 0.469 e. The summed E-state index contributed by atoms with van der Waals surface area (Å²) in [7, 11) is 0. The van der Waals surface area contributed by atoms with Gasteiger partial charge in [0.05, 0.1) is 6.26 Å². The van der Waals surface area contributed by atoms with Crippen molar-refractivity contribution < 1.29 is 4.42 Å². The number of nitrogens with one attached hydrogen (secondary N) is 1. The number of hydrogen-bond donors (Lipinski definition) is 1. The molecule has 1 atom stereocenters. The molecule has 0 bridgehead atoms. The first-order chi connectivity index (χ1) is 10.3. The highest BCUT2D eigenvalue weighted by molar-refractivity contribution is 5.84. The second kappa shape index (κ2) is 6.55. The van der Waals surface area contributed by atoms with Gasteiger partial charge in [-0.1, -0.05) is 24.3 Å². The summed E-state index contributed by atoms with van der Waals surface area (Å²) in [6.45, 7) is 3.05. The van der Waals surface area contributed by atoms with Crippen LogP contribution in [-0.4, -0.2) is 11.0 Å². The number of hydrogen-bond acceptors (Lipinski definition) is 3. The van der Waals surface area contributed by atoms with Crippen LogP contribution in [-0.2, 0) is 13.0 Å². The molecule has 1 unspecified atom stereocenters. The fraction of sp³-hybridized carbons (Fsp3) is 0.278. The van der Waals surface area contributed by atoms with E-state index in [9.17, 15) is 0 Å². The molecule has 0 aliphatic rings. The number of aryl methyl sites for hydroxylation is 1. The normalized spacial score (nSPS) is 12.6. The van der Waals surface area contributed by atoms with E-state index in [1.807, 2.05) is 30.6 Å². The predicted molar refractivity (Wildman–Crippen MR) is 85.1 cm³/mol. The Bertz CT molecular complexity index is 686. The van der Waals surface area contributed by atoms with E-state index in [1.165, 1.54) is 16.3 Å². The summed E-state index contributed by atoms with van der Waals surface area (Å²) in [5, 5.41) is 6.04. The van der Waals surface area contributed by atoms with E-state index < -0.39 is 0 Å². The molecular formula is C18H20N2O. The minimum absolute atomic E-state index is 0.439. The molecule has 108 valence electrons. The molecule has 0 radical (unpaired) electrons. The average molecular weight is 280 g/mol. The van der Waals surface area contributed by atoms with Gasteiger partial charge in [0.25, 0.3) is 0 Å². The van der Waals surface area contributed by atoms with Crippen molar-refractivity contribution in [3.05, 3.63) is 66.4 Å². The van der Waals surface area contributed by atoms with E-state index in [0.29, 0.717) is 6.04 Å². The van der Waals surface area contributed by atoms with Crippen molar-refractivity contribution in [2.24, 2.45) is 0 Å². The molecule has 1 N–H and O–H groups in total. The smallest absolute Gasteiger partial charge is 0.103 e. The van der Waals surface area contributed by atoms with Gasteiger partial charge in [0.2, 0.25) is 0 Å². The second-order valence-electron chi connectivity index (χ2n) is 5.42. The molecule has 0 amide bonds. The number of aromatic nitrogens is 1. The maximum atomic E-state index is 5.37. The SMILES string of the molecule is CC(CCc1ccco1)NCc1cncc2ccccc12. The lowest BCUT2D eigenvalue weighted by Crippen LogP contribution is -2.26. The number of rotatable bonds is 6. The van der Waals surface area contributed by atoms with E-state index in [1.54, 1.807) is 6.26 Å². The molecule has 2 aromatic heterocycles. The van der Waals surface area contributed by atoms with Gasteiger partial charge in [0.1, 0.15) is 5.76 Å². The van der Waals surface area contributed by atoms with Crippen molar-refractivity contribution >= 4 is 10.8 Å². The Morgan fingerprint density at radius 1 is 1.14 bits per heavy atom. The molecule has 21 heavy (non-hydrogen) atoms. The molecule has 0 aliphatic heterocycles.